The lowest BCUT2D eigenvalue weighted by molar-refractivity contribution is -0.137. The number of likely N-dealkylation sites (tertiary alicyclic amines) is 1. The molecule has 4 rings (SSSR count). The number of amides is 4. The predicted octanol–water partition coefficient (Wildman–Crippen LogP) is 3.35. The summed E-state index contributed by atoms with van der Waals surface area (Å²) in [7, 11) is 0. The van der Waals surface area contributed by atoms with E-state index in [1.165, 1.54) is 4.90 Å². The predicted molar refractivity (Wildman–Crippen MR) is 102 cm³/mol. The third-order valence-electron chi connectivity index (χ3n) is 5.40. The first kappa shape index (κ1) is 19.9. The first-order valence-electron chi connectivity index (χ1n) is 9.36. The van der Waals surface area contributed by atoms with Gasteiger partial charge in [0.25, 0.3) is 11.8 Å². The topological polar surface area (TPSA) is 69.7 Å². The van der Waals surface area contributed by atoms with Crippen molar-refractivity contribution >= 4 is 23.5 Å². The van der Waals surface area contributed by atoms with Crippen LogP contribution in [0.15, 0.2) is 48.5 Å². The van der Waals surface area contributed by atoms with Gasteiger partial charge in [-0.05, 0) is 49.7 Å². The van der Waals surface area contributed by atoms with Gasteiger partial charge in [-0.3, -0.25) is 9.59 Å². The second-order valence-electron chi connectivity index (χ2n) is 7.37. The fraction of sp³-hybridized carbons (Fsp3) is 0.286. The molecule has 2 fully saturated rings. The molecule has 1 N–H and O–H groups in total. The Morgan fingerprint density at radius 2 is 1.67 bits per heavy atom. The summed E-state index contributed by atoms with van der Waals surface area (Å²) in [5.74, 6) is -1.09. The number of nitrogens with one attached hydrogen (secondary N) is 1. The summed E-state index contributed by atoms with van der Waals surface area (Å²) in [5.41, 5.74) is 0.539. The van der Waals surface area contributed by atoms with Gasteiger partial charge < -0.3 is 10.2 Å². The number of nitrogens with zero attached hydrogens (tertiary/aromatic N) is 2. The van der Waals surface area contributed by atoms with Gasteiger partial charge in [-0.1, -0.05) is 17.7 Å². The highest BCUT2D eigenvalue weighted by atomic mass is 19.4. The van der Waals surface area contributed by atoms with Crippen LogP contribution in [0.3, 0.4) is 0 Å². The first-order chi connectivity index (χ1) is 14.2. The number of rotatable bonds is 2. The van der Waals surface area contributed by atoms with Crippen molar-refractivity contribution in [1.29, 1.82) is 0 Å². The summed E-state index contributed by atoms with van der Waals surface area (Å²) in [6, 6.07) is 8.67. The van der Waals surface area contributed by atoms with Crippen LogP contribution in [-0.4, -0.2) is 41.4 Å². The number of fused-ring (bicyclic) bond motifs is 1. The maximum atomic E-state index is 13.2. The largest absolute Gasteiger partial charge is 0.416 e. The Morgan fingerprint density at radius 3 is 2.27 bits per heavy atom. The molecule has 2 atom stereocenters. The van der Waals surface area contributed by atoms with Crippen LogP contribution in [-0.2, 0) is 11.0 Å². The minimum absolute atomic E-state index is 0.0511. The number of halogens is 3. The molecule has 0 radical (unpaired) electrons. The van der Waals surface area contributed by atoms with E-state index >= 15 is 0 Å². The lowest BCUT2D eigenvalue weighted by atomic mass is 10.0. The zero-order chi connectivity index (χ0) is 21.6. The van der Waals surface area contributed by atoms with E-state index in [1.807, 2.05) is 6.92 Å². The molecule has 0 unspecified atom stereocenters. The summed E-state index contributed by atoms with van der Waals surface area (Å²) in [6.07, 6.45) is -4.12. The zero-order valence-corrected chi connectivity index (χ0v) is 15.9. The number of alkyl halides is 3. The fourth-order valence-electron chi connectivity index (χ4n) is 3.84. The van der Waals surface area contributed by atoms with E-state index < -0.39 is 41.7 Å². The number of hydrogen-bond acceptors (Lipinski definition) is 3. The number of urea groups is 1. The lowest BCUT2D eigenvalue weighted by Gasteiger charge is -2.37. The molecule has 2 aliphatic rings. The van der Waals surface area contributed by atoms with Gasteiger partial charge in [-0.25, -0.2) is 9.69 Å². The molecule has 4 amide bonds. The second-order valence-corrected chi connectivity index (χ2v) is 7.37. The van der Waals surface area contributed by atoms with Crippen LogP contribution < -0.4 is 10.2 Å². The summed E-state index contributed by atoms with van der Waals surface area (Å²) < 4.78 is 38.3. The molecule has 9 heteroatoms. The third kappa shape index (κ3) is 3.40. The molecule has 2 aromatic rings. The Hall–Kier alpha value is -3.36. The number of benzene rings is 2. The van der Waals surface area contributed by atoms with Gasteiger partial charge in [0.2, 0.25) is 0 Å². The average molecular weight is 417 g/mol. The van der Waals surface area contributed by atoms with E-state index in [4.69, 9.17) is 0 Å². The van der Waals surface area contributed by atoms with E-state index in [0.717, 1.165) is 34.7 Å². The van der Waals surface area contributed by atoms with Crippen LogP contribution in [0.25, 0.3) is 0 Å². The molecule has 0 bridgehead atoms. The van der Waals surface area contributed by atoms with Crippen LogP contribution in [0.1, 0.15) is 27.9 Å². The summed E-state index contributed by atoms with van der Waals surface area (Å²) in [4.78, 5) is 40.9. The summed E-state index contributed by atoms with van der Waals surface area (Å²) >= 11 is 0. The second kappa shape index (κ2) is 7.16. The van der Waals surface area contributed by atoms with Crippen LogP contribution in [0, 0.1) is 6.92 Å². The highest BCUT2D eigenvalue weighted by Gasteiger charge is 2.50. The van der Waals surface area contributed by atoms with Crippen LogP contribution >= 0.6 is 0 Å². The van der Waals surface area contributed by atoms with Gasteiger partial charge in [0.15, 0.2) is 0 Å². The third-order valence-corrected chi connectivity index (χ3v) is 5.40. The maximum Gasteiger partial charge on any atom is 0.416 e. The Bertz CT molecular complexity index is 1000. The summed E-state index contributed by atoms with van der Waals surface area (Å²) in [6.45, 7) is 2.09. The van der Waals surface area contributed by atoms with Gasteiger partial charge in [-0.2, -0.15) is 13.2 Å². The van der Waals surface area contributed by atoms with E-state index in [-0.39, 0.29) is 12.1 Å². The SMILES string of the molecule is Cc1ccc(N2C(=O)N[C@@H]3CCN(C(=O)c4ccc(C(F)(F)F)cc4)[C@@H]3C2=O)cc1. The lowest BCUT2D eigenvalue weighted by Crippen LogP contribution is -2.65. The van der Waals surface area contributed by atoms with E-state index in [9.17, 15) is 27.6 Å². The molecule has 0 aliphatic carbocycles. The zero-order valence-electron chi connectivity index (χ0n) is 15.9. The molecule has 156 valence electrons. The highest BCUT2D eigenvalue weighted by Crippen LogP contribution is 2.31. The molecule has 0 aromatic heterocycles. The normalized spacial score (nSPS) is 21.5. The van der Waals surface area contributed by atoms with Gasteiger partial charge in [-0.15, -0.1) is 0 Å². The molecule has 2 aliphatic heterocycles. The minimum atomic E-state index is -4.50. The van der Waals surface area contributed by atoms with Gasteiger partial charge >= 0.3 is 12.2 Å². The Morgan fingerprint density at radius 1 is 1.03 bits per heavy atom. The van der Waals surface area contributed by atoms with Crippen molar-refractivity contribution < 1.29 is 27.6 Å². The molecule has 0 spiro atoms. The number of aryl methyl sites for hydroxylation is 1. The quantitative estimate of drug-likeness (QED) is 0.815. The Labute approximate surface area is 170 Å². The molecule has 2 saturated heterocycles. The molecule has 6 nitrogen and oxygen atoms in total. The fourth-order valence-corrected chi connectivity index (χ4v) is 3.84. The smallest absolute Gasteiger partial charge is 0.332 e. The number of hydrogen-bond donors (Lipinski definition) is 1. The van der Waals surface area contributed by atoms with Crippen molar-refractivity contribution in [2.24, 2.45) is 0 Å². The van der Waals surface area contributed by atoms with Gasteiger partial charge in [0.05, 0.1) is 17.3 Å². The monoisotopic (exact) mass is 417 g/mol. The van der Waals surface area contributed by atoms with Crippen molar-refractivity contribution in [2.75, 3.05) is 11.4 Å². The van der Waals surface area contributed by atoms with E-state index in [2.05, 4.69) is 5.32 Å². The van der Waals surface area contributed by atoms with E-state index in [1.54, 1.807) is 24.3 Å². The maximum absolute atomic E-state index is 13.2. The standard InChI is InChI=1S/C21H18F3N3O3/c1-12-2-8-15(9-3-12)27-19(29)17-16(25-20(27)30)10-11-26(17)18(28)13-4-6-14(7-5-13)21(22,23)24/h2-9,16-17H,10-11H2,1H3,(H,25,30)/t16-,17+/m1/s1. The number of anilines is 1. The Kier molecular flexibility index (Phi) is 4.76. The molecule has 30 heavy (non-hydrogen) atoms. The van der Waals surface area contributed by atoms with Crippen LogP contribution in [0.5, 0.6) is 0 Å². The number of carbonyl (C=O) groups excluding carboxylic acids is 3. The van der Waals surface area contributed by atoms with Crippen molar-refractivity contribution in [3.63, 3.8) is 0 Å². The van der Waals surface area contributed by atoms with Crippen molar-refractivity contribution in [1.82, 2.24) is 10.2 Å². The van der Waals surface area contributed by atoms with Crippen molar-refractivity contribution in [3.8, 4) is 0 Å². The van der Waals surface area contributed by atoms with Gasteiger partial charge in [0.1, 0.15) is 6.04 Å². The highest BCUT2D eigenvalue weighted by molar-refractivity contribution is 6.19. The van der Waals surface area contributed by atoms with Crippen LogP contribution in [0.2, 0.25) is 0 Å². The minimum Gasteiger partial charge on any atom is -0.332 e. The number of imide groups is 1. The Balaban J connectivity index is 1.60. The molecular weight excluding hydrogens is 399 g/mol. The molecule has 0 saturated carbocycles. The number of carbonyl (C=O) groups is 3. The van der Waals surface area contributed by atoms with Gasteiger partial charge in [0, 0.05) is 12.1 Å². The van der Waals surface area contributed by atoms with Crippen molar-refractivity contribution in [3.05, 3.63) is 65.2 Å². The molecule has 2 heterocycles. The van der Waals surface area contributed by atoms with Crippen molar-refractivity contribution in [2.45, 2.75) is 31.6 Å². The first-order valence-corrected chi connectivity index (χ1v) is 9.36. The molecule has 2 aromatic carbocycles. The summed E-state index contributed by atoms with van der Waals surface area (Å²) in [5, 5.41) is 2.76. The van der Waals surface area contributed by atoms with Crippen LogP contribution in [0.4, 0.5) is 23.7 Å². The average Bonchev–Trinajstić information content (AvgIpc) is 3.12. The van der Waals surface area contributed by atoms with E-state index in [0.29, 0.717) is 12.1 Å². The molecular formula is C21H18F3N3O3.